The normalized spacial score (nSPS) is 27.8. The Kier molecular flexibility index (Phi) is 6.65. The van der Waals surface area contributed by atoms with Gasteiger partial charge in [-0.05, 0) is 44.1 Å². The first kappa shape index (κ1) is 20.5. The van der Waals surface area contributed by atoms with E-state index in [1.54, 1.807) is 12.4 Å². The maximum absolute atomic E-state index is 13.2. The lowest BCUT2D eigenvalue weighted by molar-refractivity contribution is -0.160. The van der Waals surface area contributed by atoms with Crippen molar-refractivity contribution in [3.05, 3.63) is 18.5 Å². The minimum Gasteiger partial charge on any atom is -0.379 e. The largest absolute Gasteiger partial charge is 0.379 e. The van der Waals surface area contributed by atoms with Gasteiger partial charge in [0, 0.05) is 58.2 Å². The van der Waals surface area contributed by atoms with Gasteiger partial charge in [-0.25, -0.2) is 9.97 Å². The second-order valence-corrected chi connectivity index (χ2v) is 9.06. The second kappa shape index (κ2) is 9.39. The number of likely N-dealkylation sites (tertiary alicyclic amines) is 1. The number of carbonyl (C=O) groups excluding carboxylic acids is 1. The molecule has 29 heavy (non-hydrogen) atoms. The number of hydrogen-bond donors (Lipinski definition) is 1. The zero-order valence-electron chi connectivity index (χ0n) is 17.5. The van der Waals surface area contributed by atoms with E-state index in [0.717, 1.165) is 58.1 Å². The fraction of sp³-hybridized carbons (Fsp3) is 0.773. The van der Waals surface area contributed by atoms with E-state index >= 15 is 0 Å². The summed E-state index contributed by atoms with van der Waals surface area (Å²) in [5.74, 6) is 1.34. The van der Waals surface area contributed by atoms with E-state index < -0.39 is 5.60 Å². The molecule has 0 radical (unpaired) electrons. The Labute approximate surface area is 174 Å². The van der Waals surface area contributed by atoms with Gasteiger partial charge in [0.1, 0.15) is 0 Å². The summed E-state index contributed by atoms with van der Waals surface area (Å²) < 4.78 is 0. The van der Waals surface area contributed by atoms with Crippen LogP contribution in [0.4, 0.5) is 5.95 Å². The van der Waals surface area contributed by atoms with Gasteiger partial charge in [-0.15, -0.1) is 0 Å². The van der Waals surface area contributed by atoms with E-state index in [2.05, 4.69) is 19.8 Å². The molecule has 1 unspecified atom stereocenters. The van der Waals surface area contributed by atoms with Crippen LogP contribution in [0, 0.1) is 5.92 Å². The van der Waals surface area contributed by atoms with E-state index in [0.29, 0.717) is 18.9 Å². The number of piperidine rings is 1. The Bertz CT molecular complexity index is 666. The highest BCUT2D eigenvalue weighted by Crippen LogP contribution is 2.29. The predicted octanol–water partition coefficient (Wildman–Crippen LogP) is 1.92. The minimum atomic E-state index is -1.23. The van der Waals surface area contributed by atoms with Gasteiger partial charge in [0.05, 0.1) is 0 Å². The molecular formula is C22H35N5O2. The standard InChI is InChI=1S/C22H35N5O2/c28-20-22(29,9-4-13-27(20)17-19-7-2-1-3-8-19)18-25-12-6-14-26(16-15-25)21-23-10-5-11-24-21/h5,10-11,19,29H,1-4,6-9,12-18H2. The zero-order valence-corrected chi connectivity index (χ0v) is 17.5. The van der Waals surface area contributed by atoms with Gasteiger partial charge in [0.25, 0.3) is 5.91 Å². The number of aromatic nitrogens is 2. The first-order valence-electron chi connectivity index (χ1n) is 11.4. The third kappa shape index (κ3) is 5.07. The van der Waals surface area contributed by atoms with Gasteiger partial charge in [0.2, 0.25) is 5.95 Å². The summed E-state index contributed by atoms with van der Waals surface area (Å²) >= 11 is 0. The van der Waals surface area contributed by atoms with Crippen LogP contribution in [0.15, 0.2) is 18.5 Å². The monoisotopic (exact) mass is 401 g/mol. The number of aliphatic hydroxyl groups is 1. The molecular weight excluding hydrogens is 366 g/mol. The molecule has 1 N–H and O–H groups in total. The van der Waals surface area contributed by atoms with Gasteiger partial charge in [0.15, 0.2) is 5.60 Å². The van der Waals surface area contributed by atoms with Crippen LogP contribution in [0.2, 0.25) is 0 Å². The Hall–Kier alpha value is -1.73. The van der Waals surface area contributed by atoms with E-state index in [4.69, 9.17) is 0 Å². The van der Waals surface area contributed by atoms with Gasteiger partial charge >= 0.3 is 0 Å². The summed E-state index contributed by atoms with van der Waals surface area (Å²) in [5, 5.41) is 11.3. The molecule has 0 spiro atoms. The molecule has 3 aliphatic rings. The van der Waals surface area contributed by atoms with Crippen molar-refractivity contribution in [2.45, 2.75) is 57.0 Å². The van der Waals surface area contributed by atoms with Crippen LogP contribution in [0.25, 0.3) is 0 Å². The molecule has 1 atom stereocenters. The molecule has 4 rings (SSSR count). The van der Waals surface area contributed by atoms with Gasteiger partial charge in [-0.3, -0.25) is 9.69 Å². The Morgan fingerprint density at radius 3 is 2.55 bits per heavy atom. The molecule has 1 aromatic heterocycles. The molecule has 3 heterocycles. The lowest BCUT2D eigenvalue weighted by Gasteiger charge is -2.42. The third-order valence-electron chi connectivity index (χ3n) is 6.82. The zero-order chi connectivity index (χ0) is 20.1. The lowest BCUT2D eigenvalue weighted by Crippen LogP contribution is -2.59. The van der Waals surface area contributed by atoms with Gasteiger partial charge < -0.3 is 14.9 Å². The predicted molar refractivity (Wildman–Crippen MR) is 113 cm³/mol. The highest BCUT2D eigenvalue weighted by atomic mass is 16.3. The number of rotatable bonds is 5. The average Bonchev–Trinajstić information content (AvgIpc) is 2.98. The van der Waals surface area contributed by atoms with Gasteiger partial charge in [-0.1, -0.05) is 19.3 Å². The van der Waals surface area contributed by atoms with Crippen molar-refractivity contribution in [1.29, 1.82) is 0 Å². The molecule has 7 heteroatoms. The summed E-state index contributed by atoms with van der Waals surface area (Å²) in [5.41, 5.74) is -1.23. The molecule has 0 bridgehead atoms. The van der Waals surface area contributed by atoms with Crippen molar-refractivity contribution in [3.8, 4) is 0 Å². The van der Waals surface area contributed by atoms with Crippen molar-refractivity contribution in [2.24, 2.45) is 5.92 Å². The Morgan fingerprint density at radius 2 is 1.76 bits per heavy atom. The van der Waals surface area contributed by atoms with E-state index in [9.17, 15) is 9.90 Å². The van der Waals surface area contributed by atoms with Crippen molar-refractivity contribution in [1.82, 2.24) is 19.8 Å². The van der Waals surface area contributed by atoms with E-state index in [1.165, 1.54) is 32.1 Å². The summed E-state index contributed by atoms with van der Waals surface area (Å²) in [6.07, 6.45) is 12.4. The third-order valence-corrected chi connectivity index (χ3v) is 6.82. The fourth-order valence-electron chi connectivity index (χ4n) is 5.22. The van der Waals surface area contributed by atoms with Crippen LogP contribution in [0.5, 0.6) is 0 Å². The highest BCUT2D eigenvalue weighted by molar-refractivity contribution is 5.86. The van der Waals surface area contributed by atoms with Crippen LogP contribution in [0.3, 0.4) is 0 Å². The summed E-state index contributed by atoms with van der Waals surface area (Å²) in [4.78, 5) is 28.3. The summed E-state index contributed by atoms with van der Waals surface area (Å²) in [7, 11) is 0. The van der Waals surface area contributed by atoms with Crippen LogP contribution in [-0.4, -0.2) is 82.2 Å². The number of β-amino-alcohol motifs (C(OH)–C–C–N with tert-alkyl or cyclic N) is 1. The van der Waals surface area contributed by atoms with E-state index in [1.807, 2.05) is 11.0 Å². The Morgan fingerprint density at radius 1 is 0.966 bits per heavy atom. The molecule has 0 aromatic carbocycles. The summed E-state index contributed by atoms with van der Waals surface area (Å²) in [6.45, 7) is 5.51. The average molecular weight is 402 g/mol. The van der Waals surface area contributed by atoms with Crippen LogP contribution >= 0.6 is 0 Å². The molecule has 3 fully saturated rings. The molecule has 1 saturated carbocycles. The number of amides is 1. The smallest absolute Gasteiger partial charge is 0.255 e. The molecule has 160 valence electrons. The molecule has 1 amide bonds. The van der Waals surface area contributed by atoms with Crippen LogP contribution in [0.1, 0.15) is 51.4 Å². The van der Waals surface area contributed by atoms with Gasteiger partial charge in [-0.2, -0.15) is 0 Å². The number of carbonyl (C=O) groups is 1. The summed E-state index contributed by atoms with van der Waals surface area (Å²) in [6, 6.07) is 1.83. The topological polar surface area (TPSA) is 72.8 Å². The maximum atomic E-state index is 13.2. The molecule has 1 aliphatic carbocycles. The van der Waals surface area contributed by atoms with Crippen LogP contribution < -0.4 is 4.90 Å². The lowest BCUT2D eigenvalue weighted by atomic mass is 9.86. The quantitative estimate of drug-likeness (QED) is 0.813. The molecule has 2 saturated heterocycles. The number of nitrogens with zero attached hydrogens (tertiary/aromatic N) is 5. The first-order valence-corrected chi connectivity index (χ1v) is 11.4. The SMILES string of the molecule is O=C1N(CC2CCCCC2)CCCC1(O)CN1CCCN(c2ncccn2)CC1. The minimum absolute atomic E-state index is 0.0400. The highest BCUT2D eigenvalue weighted by Gasteiger charge is 2.43. The molecule has 7 nitrogen and oxygen atoms in total. The van der Waals surface area contributed by atoms with E-state index in [-0.39, 0.29) is 5.91 Å². The van der Waals surface area contributed by atoms with Crippen molar-refractivity contribution in [3.63, 3.8) is 0 Å². The van der Waals surface area contributed by atoms with Crippen molar-refractivity contribution < 1.29 is 9.90 Å². The van der Waals surface area contributed by atoms with Crippen LogP contribution in [-0.2, 0) is 4.79 Å². The number of anilines is 1. The van der Waals surface area contributed by atoms with Crippen molar-refractivity contribution in [2.75, 3.05) is 50.7 Å². The number of hydrogen-bond acceptors (Lipinski definition) is 6. The molecule has 1 aromatic rings. The maximum Gasteiger partial charge on any atom is 0.255 e. The second-order valence-electron chi connectivity index (χ2n) is 9.06. The molecule has 2 aliphatic heterocycles. The first-order chi connectivity index (χ1) is 14.1. The fourth-order valence-corrected chi connectivity index (χ4v) is 5.22. The van der Waals surface area contributed by atoms with Crippen molar-refractivity contribution >= 4 is 11.9 Å². The Balaban J connectivity index is 1.34.